The van der Waals surface area contributed by atoms with Crippen molar-refractivity contribution in [2.24, 2.45) is 4.99 Å². The van der Waals surface area contributed by atoms with Crippen molar-refractivity contribution in [2.45, 2.75) is 37.8 Å². The summed E-state index contributed by atoms with van der Waals surface area (Å²) in [7, 11) is 2.59. The van der Waals surface area contributed by atoms with E-state index >= 15 is 0 Å². The highest BCUT2D eigenvalue weighted by Gasteiger charge is 2.39. The average molecular weight is 589 g/mol. The van der Waals surface area contributed by atoms with Crippen molar-refractivity contribution >= 4 is 34.9 Å². The Morgan fingerprint density at radius 3 is 2.48 bits per heavy atom. The van der Waals surface area contributed by atoms with Crippen LogP contribution in [0.15, 0.2) is 46.3 Å². The zero-order valence-corrected chi connectivity index (χ0v) is 21.9. The zero-order chi connectivity index (χ0) is 29.2. The normalized spacial score (nSPS) is 18.8. The van der Waals surface area contributed by atoms with Crippen LogP contribution in [0, 0.1) is 0 Å². The van der Waals surface area contributed by atoms with Crippen LogP contribution in [0.1, 0.15) is 35.1 Å². The van der Waals surface area contributed by atoms with Gasteiger partial charge in [-0.3, -0.25) is 4.79 Å². The number of carbonyl (C=O) groups is 2. The highest BCUT2D eigenvalue weighted by molar-refractivity contribution is 8.18. The van der Waals surface area contributed by atoms with E-state index in [0.29, 0.717) is 29.8 Å². The molecule has 0 unspecified atom stereocenters. The number of likely N-dealkylation sites (tertiary alicyclic amines) is 1. The van der Waals surface area contributed by atoms with Crippen LogP contribution in [0.25, 0.3) is 6.08 Å². The van der Waals surface area contributed by atoms with Crippen molar-refractivity contribution in [3.8, 4) is 11.5 Å². The van der Waals surface area contributed by atoms with Crippen molar-refractivity contribution in [1.82, 2.24) is 4.90 Å². The molecule has 2 aliphatic heterocycles. The van der Waals surface area contributed by atoms with E-state index < -0.39 is 53.6 Å². The fraction of sp³-hybridized carbons (Fsp3) is 0.346. The molecule has 1 fully saturated rings. The topological polar surface area (TPSA) is 77.4 Å². The van der Waals surface area contributed by atoms with Crippen LogP contribution >= 0.6 is 11.8 Å². The molecule has 1 saturated heterocycles. The Morgan fingerprint density at radius 2 is 1.82 bits per heavy atom. The van der Waals surface area contributed by atoms with E-state index in [-0.39, 0.29) is 22.5 Å². The van der Waals surface area contributed by atoms with Gasteiger partial charge < -0.3 is 19.1 Å². The predicted molar refractivity (Wildman–Crippen MR) is 134 cm³/mol. The Balaban J connectivity index is 1.50. The van der Waals surface area contributed by atoms with Crippen LogP contribution < -0.4 is 9.47 Å². The molecule has 0 N–H and O–H groups in total. The fourth-order valence-corrected chi connectivity index (χ4v) is 5.23. The smallest absolute Gasteiger partial charge is 0.416 e. The first-order valence-corrected chi connectivity index (χ1v) is 12.6. The third-order valence-corrected chi connectivity index (χ3v) is 7.21. The van der Waals surface area contributed by atoms with E-state index in [1.807, 2.05) is 0 Å². The van der Waals surface area contributed by atoms with E-state index in [2.05, 4.69) is 4.99 Å². The molecule has 1 amide bonds. The number of amidine groups is 1. The SMILES string of the molecule is COC(=O)[C@@H]1CCCN1C1=NC(=O)/C(=C/c2ccc(OCc3ccc(C(F)(F)F)cc3C(F)(F)F)c(OC)c2)S1. The summed E-state index contributed by atoms with van der Waals surface area (Å²) in [5, 5.41) is 0.382. The molecule has 0 bridgehead atoms. The molecule has 2 aromatic carbocycles. The summed E-state index contributed by atoms with van der Waals surface area (Å²) in [6.45, 7) is -0.131. The number of nitrogens with zero attached hydrogens (tertiary/aromatic N) is 2. The minimum Gasteiger partial charge on any atom is -0.493 e. The standard InChI is InChI=1S/C26H22F6N2O5S/c1-37-20-10-14(11-21-22(35)33-24(40-21)34-9-3-4-18(34)23(36)38-2)5-8-19(20)39-13-15-6-7-16(25(27,28)29)12-17(15)26(30,31)32/h5-8,10-12,18H,3-4,9,13H2,1-2H3/b21-11-/t18-/m0/s1. The predicted octanol–water partition coefficient (Wildman–Crippen LogP) is 5.92. The largest absolute Gasteiger partial charge is 0.493 e. The monoisotopic (exact) mass is 588 g/mol. The van der Waals surface area contributed by atoms with E-state index in [0.717, 1.165) is 24.2 Å². The molecule has 2 aromatic rings. The number of thioether (sulfide) groups is 1. The van der Waals surface area contributed by atoms with Gasteiger partial charge in [-0.25, -0.2) is 4.79 Å². The van der Waals surface area contributed by atoms with Crippen molar-refractivity contribution in [3.63, 3.8) is 0 Å². The fourth-order valence-electron chi connectivity index (χ4n) is 4.24. The van der Waals surface area contributed by atoms with Gasteiger partial charge in [0.25, 0.3) is 5.91 Å². The molecule has 214 valence electrons. The number of amides is 1. The van der Waals surface area contributed by atoms with Gasteiger partial charge in [0.15, 0.2) is 16.7 Å². The maximum atomic E-state index is 13.5. The third-order valence-electron chi connectivity index (χ3n) is 6.19. The van der Waals surface area contributed by atoms with Crippen LogP contribution in [0.4, 0.5) is 26.3 Å². The van der Waals surface area contributed by atoms with Crippen molar-refractivity contribution in [1.29, 1.82) is 0 Å². The first-order valence-electron chi connectivity index (χ1n) is 11.8. The molecule has 1 atom stereocenters. The first-order chi connectivity index (χ1) is 18.8. The van der Waals surface area contributed by atoms with E-state index in [4.69, 9.17) is 14.2 Å². The number of rotatable bonds is 6. The number of carbonyl (C=O) groups excluding carboxylic acids is 2. The summed E-state index contributed by atoms with van der Waals surface area (Å²) in [5.41, 5.74) is -2.87. The zero-order valence-electron chi connectivity index (χ0n) is 21.1. The molecule has 0 radical (unpaired) electrons. The quantitative estimate of drug-likeness (QED) is 0.236. The molecular formula is C26H22F6N2O5S. The number of methoxy groups -OCH3 is 2. The summed E-state index contributed by atoms with van der Waals surface area (Å²) in [4.78, 5) is 30.6. The lowest BCUT2D eigenvalue weighted by atomic mass is 10.0. The van der Waals surface area contributed by atoms with E-state index in [1.165, 1.54) is 38.5 Å². The van der Waals surface area contributed by atoms with E-state index in [9.17, 15) is 35.9 Å². The summed E-state index contributed by atoms with van der Waals surface area (Å²) in [5.74, 6) is -0.754. The lowest BCUT2D eigenvalue weighted by Gasteiger charge is -2.23. The van der Waals surface area contributed by atoms with Crippen LogP contribution in [0.5, 0.6) is 11.5 Å². The summed E-state index contributed by atoms with van der Waals surface area (Å²) >= 11 is 1.10. The maximum absolute atomic E-state index is 13.5. The van der Waals surface area contributed by atoms with Crippen molar-refractivity contribution in [2.75, 3.05) is 20.8 Å². The van der Waals surface area contributed by atoms with Crippen LogP contribution in [0.3, 0.4) is 0 Å². The average Bonchev–Trinajstić information content (AvgIpc) is 3.53. The maximum Gasteiger partial charge on any atom is 0.416 e. The molecule has 0 saturated carbocycles. The number of hydrogen-bond donors (Lipinski definition) is 0. The molecule has 0 aromatic heterocycles. The Hall–Kier alpha value is -3.68. The molecule has 40 heavy (non-hydrogen) atoms. The second-order valence-electron chi connectivity index (χ2n) is 8.75. The number of halogens is 6. The van der Waals surface area contributed by atoms with Gasteiger partial charge in [-0.05, 0) is 60.5 Å². The Kier molecular flexibility index (Phi) is 8.38. The summed E-state index contributed by atoms with van der Waals surface area (Å²) < 4.78 is 94.8. The first kappa shape index (κ1) is 29.3. The van der Waals surface area contributed by atoms with Gasteiger partial charge >= 0.3 is 18.3 Å². The molecule has 2 aliphatic rings. The van der Waals surface area contributed by atoms with Crippen LogP contribution in [-0.2, 0) is 33.3 Å². The second-order valence-corrected chi connectivity index (χ2v) is 9.76. The molecule has 0 aliphatic carbocycles. The van der Waals surface area contributed by atoms with Gasteiger partial charge in [0.2, 0.25) is 0 Å². The molecule has 14 heteroatoms. The third kappa shape index (κ3) is 6.37. The van der Waals surface area contributed by atoms with Crippen LogP contribution in [0.2, 0.25) is 0 Å². The minimum absolute atomic E-state index is 0.0398. The Bertz CT molecular complexity index is 1370. The summed E-state index contributed by atoms with van der Waals surface area (Å²) in [6.07, 6.45) is -7.11. The Morgan fingerprint density at radius 1 is 1.07 bits per heavy atom. The van der Waals surface area contributed by atoms with E-state index in [1.54, 1.807) is 4.90 Å². The van der Waals surface area contributed by atoms with Gasteiger partial charge in [0.1, 0.15) is 12.6 Å². The van der Waals surface area contributed by atoms with Crippen LogP contribution in [-0.4, -0.2) is 48.8 Å². The molecule has 4 rings (SSSR count). The summed E-state index contributed by atoms with van der Waals surface area (Å²) in [6, 6.07) is 5.23. The van der Waals surface area contributed by atoms with Gasteiger partial charge in [0, 0.05) is 12.1 Å². The number of ether oxygens (including phenoxy) is 3. The number of benzene rings is 2. The number of alkyl halides is 6. The lowest BCUT2D eigenvalue weighted by molar-refractivity contribution is -0.145. The number of hydrogen-bond acceptors (Lipinski definition) is 7. The van der Waals surface area contributed by atoms with Gasteiger partial charge in [0.05, 0.1) is 30.3 Å². The highest BCUT2D eigenvalue weighted by Crippen LogP contribution is 2.39. The number of aliphatic imine (C=N–C) groups is 1. The molecule has 7 nitrogen and oxygen atoms in total. The molecule has 0 spiro atoms. The molecule has 2 heterocycles. The van der Waals surface area contributed by atoms with Crippen molar-refractivity contribution < 1.29 is 50.1 Å². The highest BCUT2D eigenvalue weighted by atomic mass is 32.2. The second kappa shape index (κ2) is 11.4. The minimum atomic E-state index is -5.03. The van der Waals surface area contributed by atoms with Gasteiger partial charge in [-0.1, -0.05) is 12.1 Å². The number of esters is 1. The molecular weight excluding hydrogens is 566 g/mol. The van der Waals surface area contributed by atoms with Crippen molar-refractivity contribution in [3.05, 3.63) is 63.6 Å². The van der Waals surface area contributed by atoms with Gasteiger partial charge in [-0.15, -0.1) is 0 Å². The van der Waals surface area contributed by atoms with Gasteiger partial charge in [-0.2, -0.15) is 31.3 Å². The Labute approximate surface area is 228 Å². The lowest BCUT2D eigenvalue weighted by Crippen LogP contribution is -2.39.